The van der Waals surface area contributed by atoms with Crippen molar-refractivity contribution in [1.29, 1.82) is 0 Å². The molecule has 0 saturated carbocycles. The quantitative estimate of drug-likeness (QED) is 0.122. The zero-order chi connectivity index (χ0) is 88.4. The number of nitrogens with zero attached hydrogens (tertiary/aromatic N) is 3. The first-order valence-electron chi connectivity index (χ1n) is 46.6. The van der Waals surface area contributed by atoms with Gasteiger partial charge in [-0.2, -0.15) is 0 Å². The largest absolute Gasteiger partial charge is 0.265 e. The summed E-state index contributed by atoms with van der Waals surface area (Å²) in [4.78, 5) is 13.0. The van der Waals surface area contributed by atoms with Crippen LogP contribution in [-0.4, -0.2) is 15.0 Å². The number of hydrogen-bond acceptors (Lipinski definition) is 3. The molecule has 0 spiro atoms. The Morgan fingerprint density at radius 2 is 0.348 bits per heavy atom. The molecule has 3 heteroatoms. The maximum absolute atomic E-state index is 4.55. The van der Waals surface area contributed by atoms with Crippen molar-refractivity contribution in [2.24, 2.45) is 0 Å². The summed E-state index contributed by atoms with van der Waals surface area (Å²) in [5.74, 6) is 0. The van der Waals surface area contributed by atoms with Crippen LogP contribution in [0.5, 0.6) is 0 Å². The van der Waals surface area contributed by atoms with Gasteiger partial charge in [0.25, 0.3) is 0 Å². The SMILES string of the molecule is c1ccc(-c2ccc(C3(c4ccccc4)c4ccccc4CCc4ccccc43)cc2)cc1.c1ccc(C2(c3ccc(-c4ccccn4)cc3)c3ccccc3CCc3ccccc32)cc1.c1ccc(C2(c3ccc(-c4cccnc4)cc3)c3ccccc3CCc3ccccc32)cc1.c1ccc(C2(c3ccc(-c4ccncc4)cc3)c3ccccc3CCc3ccccc32)cc1. The minimum atomic E-state index is -0.367. The van der Waals surface area contributed by atoms with Gasteiger partial charge in [0.1, 0.15) is 0 Å². The van der Waals surface area contributed by atoms with Gasteiger partial charge in [-0.1, -0.05) is 455 Å². The van der Waals surface area contributed by atoms with Crippen molar-refractivity contribution in [3.63, 3.8) is 0 Å². The van der Waals surface area contributed by atoms with Gasteiger partial charge >= 0.3 is 0 Å². The van der Waals surface area contributed by atoms with Gasteiger partial charge in [-0.25, -0.2) is 0 Å². The van der Waals surface area contributed by atoms with Crippen LogP contribution in [0.1, 0.15) is 134 Å². The van der Waals surface area contributed by atoms with Crippen molar-refractivity contribution in [2.75, 3.05) is 0 Å². The normalized spacial score (nSPS) is 14.1. The first kappa shape index (κ1) is 83.1. The third-order valence-electron chi connectivity index (χ3n) is 28.2. The van der Waals surface area contributed by atoms with Gasteiger partial charge in [-0.3, -0.25) is 15.0 Å². The second kappa shape index (κ2) is 37.5. The number of benzene rings is 17. The Morgan fingerprint density at radius 3 is 0.606 bits per heavy atom. The van der Waals surface area contributed by atoms with E-state index >= 15 is 0 Å². The molecule has 24 rings (SSSR count). The molecule has 132 heavy (non-hydrogen) atoms. The van der Waals surface area contributed by atoms with Gasteiger partial charge in [-0.05, 0) is 249 Å². The Balaban J connectivity index is 0.000000106. The molecule has 3 nitrogen and oxygen atoms in total. The number of hydrogen-bond donors (Lipinski definition) is 0. The Morgan fingerprint density at radius 1 is 0.136 bits per heavy atom. The van der Waals surface area contributed by atoms with Crippen LogP contribution in [-0.2, 0) is 73.0 Å². The third kappa shape index (κ3) is 15.4. The van der Waals surface area contributed by atoms with Crippen LogP contribution in [0.4, 0.5) is 0 Å². The van der Waals surface area contributed by atoms with E-state index in [2.05, 4.69) is 482 Å². The van der Waals surface area contributed by atoms with Crippen LogP contribution in [0, 0.1) is 0 Å². The van der Waals surface area contributed by atoms with Crippen LogP contribution in [0.15, 0.2) is 516 Å². The van der Waals surface area contributed by atoms with Crippen molar-refractivity contribution in [3.8, 4) is 44.6 Å². The molecule has 0 aliphatic heterocycles. The maximum atomic E-state index is 4.55. The summed E-state index contributed by atoms with van der Waals surface area (Å²) in [5.41, 5.74) is 40.9. The van der Waals surface area contributed by atoms with E-state index < -0.39 is 0 Å². The Labute approximate surface area is 777 Å². The zero-order valence-corrected chi connectivity index (χ0v) is 74.1. The summed E-state index contributed by atoms with van der Waals surface area (Å²) in [6.07, 6.45) is 17.7. The molecule has 20 aromatic rings. The minimum Gasteiger partial charge on any atom is -0.265 e. The summed E-state index contributed by atoms with van der Waals surface area (Å²) in [6, 6.07) is 178. The molecule has 17 aromatic carbocycles. The van der Waals surface area contributed by atoms with Crippen LogP contribution in [0.3, 0.4) is 0 Å². The first-order chi connectivity index (χ1) is 65.5. The highest BCUT2D eigenvalue weighted by Gasteiger charge is 2.47. The molecule has 0 amide bonds. The van der Waals surface area contributed by atoms with Crippen LogP contribution < -0.4 is 0 Å². The molecule has 4 aliphatic rings. The Bertz CT molecular complexity index is 6230. The lowest BCUT2D eigenvalue weighted by Crippen LogP contribution is -2.32. The standard InChI is InChI=1S/C33H26.3C32H25N/c1-3-11-25(12-4-1)26-21-23-30(24-22-26)33(29-15-5-2-6-16-29)31-17-9-7-13-27(31)19-20-28-14-8-10-18-32(28)33;1-2-12-27(13-3-1)32(28-21-19-26(20-22-28)31-16-8-9-23-33-31)29-14-6-4-10-24(29)17-18-25-11-5-7-15-30(25)32;1-2-12-28(13-3-1)32(29-20-18-24(19-21-29)27-11-8-22-33-23-27)30-14-6-4-9-25(30)16-17-26-10-5-7-15-31(26)32;1-2-10-28(11-3-1)32(29-18-16-24(17-19-29)25-20-22-33-23-21-25)30-12-6-4-8-26(30)14-15-27-9-5-7-13-31(27)32/h1-18,21-24H,19-20H2;1-16,19-23H,17-18H2;1-15,18-23H,16-17H2;1-13,16-23H,14-15H2. The summed E-state index contributed by atoms with van der Waals surface area (Å²) in [5, 5.41) is 0. The van der Waals surface area contributed by atoms with Crippen molar-refractivity contribution in [2.45, 2.75) is 73.0 Å². The predicted octanol–water partition coefficient (Wildman–Crippen LogP) is 29.5. The molecule has 0 radical (unpaired) electrons. The summed E-state index contributed by atoms with van der Waals surface area (Å²) in [7, 11) is 0. The molecule has 0 fully saturated rings. The highest BCUT2D eigenvalue weighted by atomic mass is 14.7. The molecule has 632 valence electrons. The lowest BCUT2D eigenvalue weighted by molar-refractivity contribution is 0.739. The van der Waals surface area contributed by atoms with Gasteiger partial charge in [0.2, 0.25) is 0 Å². The van der Waals surface area contributed by atoms with E-state index in [9.17, 15) is 0 Å². The number of fused-ring (bicyclic) bond motifs is 8. The van der Waals surface area contributed by atoms with Gasteiger partial charge in [0.15, 0.2) is 0 Å². The molecule has 0 bridgehead atoms. The lowest BCUT2D eigenvalue weighted by Gasteiger charge is -2.38. The summed E-state index contributed by atoms with van der Waals surface area (Å²) < 4.78 is 0. The van der Waals surface area contributed by atoms with E-state index in [0.717, 1.165) is 68.2 Å². The molecular weight excluding hydrogens is 1590 g/mol. The van der Waals surface area contributed by atoms with E-state index in [1.54, 1.807) is 0 Å². The molecule has 4 aliphatic carbocycles. The van der Waals surface area contributed by atoms with Gasteiger partial charge in [0, 0.05) is 36.5 Å². The monoisotopic (exact) mass is 1690 g/mol. The number of aromatic nitrogens is 3. The van der Waals surface area contributed by atoms with Crippen molar-refractivity contribution < 1.29 is 0 Å². The Kier molecular flexibility index (Phi) is 23.6. The maximum Gasteiger partial charge on any atom is 0.0706 e. The molecule has 3 heterocycles. The third-order valence-corrected chi connectivity index (χ3v) is 28.2. The Hall–Kier alpha value is -15.8. The molecule has 0 unspecified atom stereocenters. The van der Waals surface area contributed by atoms with Crippen LogP contribution in [0.25, 0.3) is 44.6 Å². The van der Waals surface area contributed by atoms with Gasteiger partial charge < -0.3 is 0 Å². The average molecular weight is 1690 g/mol. The van der Waals surface area contributed by atoms with Gasteiger partial charge in [-0.15, -0.1) is 0 Å². The second-order valence-corrected chi connectivity index (χ2v) is 35.1. The molecule has 0 N–H and O–H groups in total. The first-order valence-corrected chi connectivity index (χ1v) is 46.6. The van der Waals surface area contributed by atoms with E-state index in [1.807, 2.05) is 49.2 Å². The van der Waals surface area contributed by atoms with Crippen molar-refractivity contribution in [3.05, 3.63) is 650 Å². The number of rotatable bonds is 12. The fourth-order valence-corrected chi connectivity index (χ4v) is 22.3. The lowest BCUT2D eigenvalue weighted by atomic mass is 9.63. The predicted molar refractivity (Wildman–Crippen MR) is 544 cm³/mol. The second-order valence-electron chi connectivity index (χ2n) is 35.1. The highest BCUT2D eigenvalue weighted by Crippen LogP contribution is 2.55. The van der Waals surface area contributed by atoms with Gasteiger partial charge in [0.05, 0.1) is 27.4 Å². The van der Waals surface area contributed by atoms with Crippen molar-refractivity contribution in [1.82, 2.24) is 15.0 Å². The van der Waals surface area contributed by atoms with Crippen LogP contribution in [0.2, 0.25) is 0 Å². The summed E-state index contributed by atoms with van der Waals surface area (Å²) in [6.45, 7) is 0. The van der Waals surface area contributed by atoms with E-state index in [0.29, 0.717) is 0 Å². The summed E-state index contributed by atoms with van der Waals surface area (Å²) >= 11 is 0. The molecule has 0 atom stereocenters. The number of pyridine rings is 3. The number of aryl methyl sites for hydroxylation is 8. The highest BCUT2D eigenvalue weighted by molar-refractivity contribution is 5.75. The molecule has 3 aromatic heterocycles. The van der Waals surface area contributed by atoms with E-state index in [4.69, 9.17) is 0 Å². The zero-order valence-electron chi connectivity index (χ0n) is 74.1. The fraction of sp³-hybridized carbons (Fsp3) is 0.0930. The smallest absolute Gasteiger partial charge is 0.0706 e. The van der Waals surface area contributed by atoms with E-state index in [-0.39, 0.29) is 21.7 Å². The van der Waals surface area contributed by atoms with Crippen LogP contribution >= 0.6 is 0 Å². The molecule has 0 saturated heterocycles. The van der Waals surface area contributed by atoms with Crippen molar-refractivity contribution >= 4 is 0 Å². The minimum absolute atomic E-state index is 0.347. The average Bonchev–Trinajstić information content (AvgIpc) is 1.37. The van der Waals surface area contributed by atoms with E-state index in [1.165, 1.54) is 161 Å². The topological polar surface area (TPSA) is 38.7 Å². The molecular formula is C129H101N3. The fourth-order valence-electron chi connectivity index (χ4n) is 22.3.